The Morgan fingerprint density at radius 3 is 2.76 bits per heavy atom. The van der Waals surface area contributed by atoms with Crippen molar-refractivity contribution < 1.29 is 14.3 Å². The predicted octanol–water partition coefficient (Wildman–Crippen LogP) is 6.86. The van der Waals surface area contributed by atoms with Crippen molar-refractivity contribution in [1.82, 2.24) is 0 Å². The molecule has 0 N–H and O–H groups in total. The predicted molar refractivity (Wildman–Crippen MR) is 131 cm³/mol. The average molecular weight is 445 g/mol. The van der Waals surface area contributed by atoms with Gasteiger partial charge in [0.1, 0.15) is 18.5 Å². The zero-order chi connectivity index (χ0) is 23.0. The smallest absolute Gasteiger partial charge is 0.302 e. The van der Waals surface area contributed by atoms with Gasteiger partial charge in [-0.25, -0.2) is 0 Å². The molecule has 0 aromatic heterocycles. The van der Waals surface area contributed by atoms with Gasteiger partial charge in [0.2, 0.25) is 0 Å². The van der Waals surface area contributed by atoms with Crippen LogP contribution in [0.1, 0.15) is 68.6 Å². The minimum absolute atomic E-state index is 0.0426. The molecule has 2 fully saturated rings. The van der Waals surface area contributed by atoms with Crippen molar-refractivity contribution in [2.24, 2.45) is 23.2 Å². The summed E-state index contributed by atoms with van der Waals surface area (Å²) in [6, 6.07) is 17.1. The number of benzene rings is 2. The highest BCUT2D eigenvalue weighted by Gasteiger charge is 2.59. The standard InChI is InChI=1S/C30H36O3/c1-4-8-23-18-28(33-20(2)31)30(3)16-15-26-25-14-12-24(32-19-21-9-6-5-7-10-21)17-22(25)11-13-27(26)29(23)30/h4-7,9-10,12,14,17,23,26-29H,1,8,11,13,15-16,18-19H2,2-3H3/t23-,26+,27+,28-,29-,30+/m0/s1. The van der Waals surface area contributed by atoms with Gasteiger partial charge in [-0.2, -0.15) is 0 Å². The summed E-state index contributed by atoms with van der Waals surface area (Å²) in [5.74, 6) is 3.21. The molecule has 0 radical (unpaired) electrons. The number of hydrogen-bond donors (Lipinski definition) is 0. The zero-order valence-corrected chi connectivity index (χ0v) is 20.0. The lowest BCUT2D eigenvalue weighted by molar-refractivity contribution is -0.154. The van der Waals surface area contributed by atoms with Crippen LogP contribution in [0, 0.1) is 23.2 Å². The molecule has 0 amide bonds. The normalized spacial score (nSPS) is 32.2. The molecule has 3 aliphatic carbocycles. The van der Waals surface area contributed by atoms with E-state index in [4.69, 9.17) is 9.47 Å². The van der Waals surface area contributed by atoms with Crippen LogP contribution >= 0.6 is 0 Å². The Bertz CT molecular complexity index is 1010. The number of aryl methyl sites for hydroxylation is 1. The van der Waals surface area contributed by atoms with Crippen LogP contribution < -0.4 is 4.74 Å². The van der Waals surface area contributed by atoms with Crippen LogP contribution in [0.5, 0.6) is 5.75 Å². The Morgan fingerprint density at radius 1 is 1.18 bits per heavy atom. The fourth-order valence-electron chi connectivity index (χ4n) is 7.46. The number of fused-ring (bicyclic) bond motifs is 5. The summed E-state index contributed by atoms with van der Waals surface area (Å²) in [6.07, 6.45) is 8.71. The summed E-state index contributed by atoms with van der Waals surface area (Å²) < 4.78 is 12.0. The van der Waals surface area contributed by atoms with E-state index in [0.29, 0.717) is 30.3 Å². The molecular weight excluding hydrogens is 408 g/mol. The van der Waals surface area contributed by atoms with Crippen molar-refractivity contribution in [3.8, 4) is 5.75 Å². The van der Waals surface area contributed by atoms with E-state index in [1.165, 1.54) is 29.5 Å². The minimum Gasteiger partial charge on any atom is -0.489 e. The van der Waals surface area contributed by atoms with Crippen LogP contribution in [-0.2, 0) is 22.6 Å². The second kappa shape index (κ2) is 9.00. The fourth-order valence-corrected chi connectivity index (χ4v) is 7.46. The first-order valence-corrected chi connectivity index (χ1v) is 12.6. The van der Waals surface area contributed by atoms with E-state index < -0.39 is 0 Å². The highest BCUT2D eigenvalue weighted by atomic mass is 16.5. The van der Waals surface area contributed by atoms with Gasteiger partial charge in [-0.05, 0) is 91.0 Å². The minimum atomic E-state index is -0.140. The van der Waals surface area contributed by atoms with Crippen molar-refractivity contribution in [2.45, 2.75) is 71.0 Å². The van der Waals surface area contributed by atoms with Crippen molar-refractivity contribution in [1.29, 1.82) is 0 Å². The van der Waals surface area contributed by atoms with Crippen molar-refractivity contribution >= 4 is 5.97 Å². The van der Waals surface area contributed by atoms with Gasteiger partial charge >= 0.3 is 5.97 Å². The number of ether oxygens (including phenoxy) is 2. The third-order valence-corrected chi connectivity index (χ3v) is 8.78. The first kappa shape index (κ1) is 22.3. The van der Waals surface area contributed by atoms with Crippen LogP contribution in [-0.4, -0.2) is 12.1 Å². The highest BCUT2D eigenvalue weighted by molar-refractivity contribution is 5.66. The van der Waals surface area contributed by atoms with Crippen LogP contribution in [0.15, 0.2) is 61.2 Å². The molecule has 174 valence electrons. The first-order valence-electron chi connectivity index (χ1n) is 12.6. The number of allylic oxidation sites excluding steroid dienone is 1. The largest absolute Gasteiger partial charge is 0.489 e. The molecule has 0 bridgehead atoms. The molecule has 0 unspecified atom stereocenters. The molecule has 0 aliphatic heterocycles. The summed E-state index contributed by atoms with van der Waals surface area (Å²) in [5.41, 5.74) is 4.25. The van der Waals surface area contributed by atoms with Crippen LogP contribution in [0.3, 0.4) is 0 Å². The highest BCUT2D eigenvalue weighted by Crippen LogP contribution is 2.64. The molecule has 5 rings (SSSR count). The van der Waals surface area contributed by atoms with E-state index in [0.717, 1.165) is 31.4 Å². The van der Waals surface area contributed by atoms with Gasteiger partial charge in [-0.15, -0.1) is 6.58 Å². The number of rotatable bonds is 6. The number of carbonyl (C=O) groups excluding carboxylic acids is 1. The number of hydrogen-bond acceptors (Lipinski definition) is 3. The van der Waals surface area contributed by atoms with Gasteiger partial charge in [0.15, 0.2) is 0 Å². The summed E-state index contributed by atoms with van der Waals surface area (Å²) in [7, 11) is 0. The maximum absolute atomic E-state index is 11.8. The monoisotopic (exact) mass is 444 g/mol. The SMILES string of the molecule is C=CC[C@H]1C[C@H](OC(C)=O)[C@@]2(C)CC[C@@H]3c4ccc(OCc5ccccc5)cc4CC[C@H]3[C@H]12. The molecule has 2 aromatic carbocycles. The summed E-state index contributed by atoms with van der Waals surface area (Å²) in [4.78, 5) is 11.8. The van der Waals surface area contributed by atoms with Gasteiger partial charge in [-0.1, -0.05) is 49.4 Å². The second-order valence-corrected chi connectivity index (χ2v) is 10.6. The molecule has 0 heterocycles. The van der Waals surface area contributed by atoms with E-state index in [-0.39, 0.29) is 17.5 Å². The molecule has 3 heteroatoms. The van der Waals surface area contributed by atoms with Gasteiger partial charge in [0.25, 0.3) is 0 Å². The third-order valence-electron chi connectivity index (χ3n) is 8.78. The Hall–Kier alpha value is -2.55. The van der Waals surface area contributed by atoms with Gasteiger partial charge in [0.05, 0.1) is 0 Å². The summed E-state index contributed by atoms with van der Waals surface area (Å²) >= 11 is 0. The zero-order valence-electron chi connectivity index (χ0n) is 20.0. The number of carbonyl (C=O) groups is 1. The van der Waals surface area contributed by atoms with E-state index in [2.05, 4.69) is 62.0 Å². The van der Waals surface area contributed by atoms with Crippen LogP contribution in [0.4, 0.5) is 0 Å². The Kier molecular flexibility index (Phi) is 6.07. The Balaban J connectivity index is 1.37. The van der Waals surface area contributed by atoms with Crippen molar-refractivity contribution in [2.75, 3.05) is 0 Å². The topological polar surface area (TPSA) is 35.5 Å². The molecular formula is C30H36O3. The molecule has 0 saturated heterocycles. The molecule has 2 aromatic rings. The third kappa shape index (κ3) is 4.11. The van der Waals surface area contributed by atoms with E-state index in [9.17, 15) is 4.79 Å². The summed E-state index contributed by atoms with van der Waals surface area (Å²) in [5, 5.41) is 0. The molecule has 0 spiro atoms. The van der Waals surface area contributed by atoms with Crippen LogP contribution in [0.25, 0.3) is 0 Å². The average Bonchev–Trinajstić information content (AvgIpc) is 3.09. The fraction of sp³-hybridized carbons (Fsp3) is 0.500. The quantitative estimate of drug-likeness (QED) is 0.361. The maximum Gasteiger partial charge on any atom is 0.302 e. The molecule has 33 heavy (non-hydrogen) atoms. The van der Waals surface area contributed by atoms with Gasteiger partial charge < -0.3 is 9.47 Å². The Morgan fingerprint density at radius 2 is 2.00 bits per heavy atom. The van der Waals surface area contributed by atoms with Crippen molar-refractivity contribution in [3.63, 3.8) is 0 Å². The lowest BCUT2D eigenvalue weighted by Crippen LogP contribution is -2.46. The summed E-state index contributed by atoms with van der Waals surface area (Å²) in [6.45, 7) is 8.59. The van der Waals surface area contributed by atoms with Gasteiger partial charge in [0, 0.05) is 12.3 Å². The molecule has 2 saturated carbocycles. The molecule has 6 atom stereocenters. The van der Waals surface area contributed by atoms with Crippen molar-refractivity contribution in [3.05, 3.63) is 77.9 Å². The van der Waals surface area contributed by atoms with Gasteiger partial charge in [-0.3, -0.25) is 4.79 Å². The maximum atomic E-state index is 11.8. The first-order chi connectivity index (χ1) is 16.0. The molecule has 3 nitrogen and oxygen atoms in total. The van der Waals surface area contributed by atoms with E-state index >= 15 is 0 Å². The molecule has 3 aliphatic rings. The lowest BCUT2D eigenvalue weighted by atomic mass is 9.54. The second-order valence-electron chi connectivity index (χ2n) is 10.6. The Labute approximate surface area is 198 Å². The number of esters is 1. The van der Waals surface area contributed by atoms with Crippen LogP contribution in [0.2, 0.25) is 0 Å². The lowest BCUT2D eigenvalue weighted by Gasteiger charge is -2.51. The van der Waals surface area contributed by atoms with E-state index in [1.807, 2.05) is 6.07 Å². The van der Waals surface area contributed by atoms with E-state index in [1.54, 1.807) is 6.92 Å².